The van der Waals surface area contributed by atoms with Gasteiger partial charge in [0.05, 0.1) is 11.9 Å². The van der Waals surface area contributed by atoms with E-state index in [1.165, 1.54) is 42.3 Å². The zero-order valence-electron chi connectivity index (χ0n) is 11.5. The molecular formula is C13H16FN3O3S. The average molecular weight is 313 g/mol. The van der Waals surface area contributed by atoms with Gasteiger partial charge >= 0.3 is 0 Å². The lowest BCUT2D eigenvalue weighted by Gasteiger charge is -2.18. The molecule has 1 N–H and O–H groups in total. The summed E-state index contributed by atoms with van der Waals surface area (Å²) < 4.78 is 40.5. The monoisotopic (exact) mass is 313 g/mol. The standard InChI is InChI=1S/C13H16FN3O3S/c1-16(12-5-2-4-11(14)8-12)21(19,20)13-9-15-17(10-13)6-3-7-18/h2,4-5,8-10,18H,3,6-7H2,1H3. The minimum Gasteiger partial charge on any atom is -0.396 e. The summed E-state index contributed by atoms with van der Waals surface area (Å²) in [7, 11) is -2.44. The van der Waals surface area contributed by atoms with E-state index < -0.39 is 15.8 Å². The molecule has 0 spiro atoms. The summed E-state index contributed by atoms with van der Waals surface area (Å²) in [6, 6.07) is 5.35. The summed E-state index contributed by atoms with van der Waals surface area (Å²) in [5.74, 6) is -0.506. The number of aliphatic hydroxyl groups is 1. The Labute approximate surface area is 122 Å². The second-order valence-corrected chi connectivity index (χ2v) is 6.44. The highest BCUT2D eigenvalue weighted by atomic mass is 32.2. The maximum Gasteiger partial charge on any atom is 0.267 e. The van der Waals surface area contributed by atoms with E-state index in [0.29, 0.717) is 13.0 Å². The zero-order valence-corrected chi connectivity index (χ0v) is 12.3. The Bertz CT molecular complexity index is 715. The number of benzene rings is 1. The van der Waals surface area contributed by atoms with Crippen LogP contribution in [0.4, 0.5) is 10.1 Å². The van der Waals surface area contributed by atoms with Crippen LogP contribution in [0.5, 0.6) is 0 Å². The Morgan fingerprint density at radius 2 is 2.19 bits per heavy atom. The Morgan fingerprint density at radius 1 is 1.43 bits per heavy atom. The molecule has 6 nitrogen and oxygen atoms in total. The van der Waals surface area contributed by atoms with Gasteiger partial charge in [0.2, 0.25) is 0 Å². The molecule has 0 saturated carbocycles. The number of sulfonamides is 1. The number of halogens is 1. The lowest BCUT2D eigenvalue weighted by atomic mass is 10.3. The molecule has 1 aromatic carbocycles. The van der Waals surface area contributed by atoms with Crippen LogP contribution in [-0.4, -0.2) is 37.0 Å². The third-order valence-electron chi connectivity index (χ3n) is 2.99. The highest BCUT2D eigenvalue weighted by Gasteiger charge is 2.23. The predicted molar refractivity (Wildman–Crippen MR) is 75.9 cm³/mol. The van der Waals surface area contributed by atoms with Crippen LogP contribution in [0.15, 0.2) is 41.6 Å². The number of aryl methyl sites for hydroxylation is 1. The van der Waals surface area contributed by atoms with Crippen LogP contribution in [0.2, 0.25) is 0 Å². The van der Waals surface area contributed by atoms with E-state index in [-0.39, 0.29) is 17.2 Å². The average Bonchev–Trinajstić information content (AvgIpc) is 2.93. The van der Waals surface area contributed by atoms with Crippen molar-refractivity contribution in [2.45, 2.75) is 17.9 Å². The number of hydrogen-bond donors (Lipinski definition) is 1. The number of nitrogens with zero attached hydrogens (tertiary/aromatic N) is 3. The molecule has 0 unspecified atom stereocenters. The summed E-state index contributed by atoms with van der Waals surface area (Å²) in [5, 5.41) is 12.7. The fourth-order valence-electron chi connectivity index (χ4n) is 1.80. The lowest BCUT2D eigenvalue weighted by Crippen LogP contribution is -2.26. The van der Waals surface area contributed by atoms with E-state index in [4.69, 9.17) is 5.11 Å². The Balaban J connectivity index is 2.26. The first-order chi connectivity index (χ1) is 9.95. The number of aromatic nitrogens is 2. The summed E-state index contributed by atoms with van der Waals surface area (Å²) in [6.07, 6.45) is 3.12. The van der Waals surface area contributed by atoms with Gasteiger partial charge < -0.3 is 5.11 Å². The minimum absolute atomic E-state index is 0.00510. The Kier molecular flexibility index (Phi) is 4.59. The van der Waals surface area contributed by atoms with Crippen molar-refractivity contribution in [3.63, 3.8) is 0 Å². The maximum absolute atomic E-state index is 13.2. The van der Waals surface area contributed by atoms with Crippen LogP contribution in [0.25, 0.3) is 0 Å². The van der Waals surface area contributed by atoms with Crippen LogP contribution < -0.4 is 4.31 Å². The molecule has 8 heteroatoms. The van der Waals surface area contributed by atoms with Crippen LogP contribution in [0.3, 0.4) is 0 Å². The van der Waals surface area contributed by atoms with Gasteiger partial charge in [0.1, 0.15) is 10.7 Å². The maximum atomic E-state index is 13.2. The predicted octanol–water partition coefficient (Wildman–Crippen LogP) is 1.23. The molecule has 0 radical (unpaired) electrons. The third-order valence-corrected chi connectivity index (χ3v) is 4.72. The van der Waals surface area contributed by atoms with Crippen LogP contribution in [0.1, 0.15) is 6.42 Å². The van der Waals surface area contributed by atoms with Gasteiger partial charge in [-0.1, -0.05) is 6.07 Å². The molecule has 2 aromatic rings. The Hall–Kier alpha value is -1.93. The first-order valence-electron chi connectivity index (χ1n) is 6.33. The molecule has 1 heterocycles. The Morgan fingerprint density at radius 3 is 2.86 bits per heavy atom. The molecule has 0 fully saturated rings. The number of anilines is 1. The molecule has 0 saturated heterocycles. The molecular weight excluding hydrogens is 297 g/mol. The van der Waals surface area contributed by atoms with Gasteiger partial charge in [0.15, 0.2) is 0 Å². The number of rotatable bonds is 6. The highest BCUT2D eigenvalue weighted by molar-refractivity contribution is 7.92. The minimum atomic E-state index is -3.79. The van der Waals surface area contributed by atoms with Gasteiger partial charge in [-0.3, -0.25) is 8.99 Å². The second kappa shape index (κ2) is 6.23. The fraction of sp³-hybridized carbons (Fsp3) is 0.308. The topological polar surface area (TPSA) is 75.4 Å². The first-order valence-corrected chi connectivity index (χ1v) is 7.77. The van der Waals surface area contributed by atoms with Crippen molar-refractivity contribution in [2.75, 3.05) is 18.0 Å². The molecule has 114 valence electrons. The van der Waals surface area contributed by atoms with E-state index in [2.05, 4.69) is 5.10 Å². The van der Waals surface area contributed by atoms with E-state index in [9.17, 15) is 12.8 Å². The van der Waals surface area contributed by atoms with Crippen molar-refractivity contribution in [1.29, 1.82) is 0 Å². The van der Waals surface area contributed by atoms with Gasteiger partial charge in [-0.05, 0) is 24.6 Å². The largest absolute Gasteiger partial charge is 0.396 e. The molecule has 0 aliphatic rings. The lowest BCUT2D eigenvalue weighted by molar-refractivity contribution is 0.277. The second-order valence-electron chi connectivity index (χ2n) is 4.47. The van der Waals surface area contributed by atoms with Crippen molar-refractivity contribution in [3.8, 4) is 0 Å². The van der Waals surface area contributed by atoms with Crippen molar-refractivity contribution in [3.05, 3.63) is 42.5 Å². The first kappa shape index (κ1) is 15.5. The summed E-state index contributed by atoms with van der Waals surface area (Å²) in [4.78, 5) is 0.0206. The fourth-order valence-corrected chi connectivity index (χ4v) is 2.94. The molecule has 0 aliphatic carbocycles. The van der Waals surface area contributed by atoms with Gasteiger partial charge in [-0.2, -0.15) is 5.10 Å². The molecule has 21 heavy (non-hydrogen) atoms. The molecule has 2 rings (SSSR count). The summed E-state index contributed by atoms with van der Waals surface area (Å²) in [6.45, 7) is 0.431. The van der Waals surface area contributed by atoms with Crippen molar-refractivity contribution < 1.29 is 17.9 Å². The van der Waals surface area contributed by atoms with Crippen molar-refractivity contribution in [2.24, 2.45) is 0 Å². The smallest absolute Gasteiger partial charge is 0.267 e. The molecule has 0 atom stereocenters. The molecule has 0 aliphatic heterocycles. The van der Waals surface area contributed by atoms with E-state index in [0.717, 1.165) is 10.4 Å². The SMILES string of the molecule is CN(c1cccc(F)c1)S(=O)(=O)c1cnn(CCCO)c1. The molecule has 0 amide bonds. The quantitative estimate of drug-likeness (QED) is 0.870. The third kappa shape index (κ3) is 3.40. The van der Waals surface area contributed by atoms with Gasteiger partial charge in [0.25, 0.3) is 10.0 Å². The highest BCUT2D eigenvalue weighted by Crippen LogP contribution is 2.22. The van der Waals surface area contributed by atoms with Crippen LogP contribution in [0, 0.1) is 5.82 Å². The summed E-state index contributed by atoms with van der Waals surface area (Å²) >= 11 is 0. The van der Waals surface area contributed by atoms with Gasteiger partial charge in [-0.25, -0.2) is 12.8 Å². The summed E-state index contributed by atoms with van der Waals surface area (Å²) in [5.41, 5.74) is 0.234. The van der Waals surface area contributed by atoms with Gasteiger partial charge in [0, 0.05) is 26.4 Å². The molecule has 0 bridgehead atoms. The van der Waals surface area contributed by atoms with Crippen molar-refractivity contribution in [1.82, 2.24) is 9.78 Å². The molecule has 1 aromatic heterocycles. The zero-order chi connectivity index (χ0) is 15.5. The van der Waals surface area contributed by atoms with E-state index in [1.54, 1.807) is 0 Å². The van der Waals surface area contributed by atoms with E-state index >= 15 is 0 Å². The van der Waals surface area contributed by atoms with E-state index in [1.807, 2.05) is 0 Å². The number of hydrogen-bond acceptors (Lipinski definition) is 4. The normalized spacial score (nSPS) is 11.6. The number of aliphatic hydroxyl groups excluding tert-OH is 1. The van der Waals surface area contributed by atoms with Crippen LogP contribution in [-0.2, 0) is 16.6 Å². The van der Waals surface area contributed by atoms with Crippen molar-refractivity contribution >= 4 is 15.7 Å². The van der Waals surface area contributed by atoms with Gasteiger partial charge in [-0.15, -0.1) is 0 Å². The van der Waals surface area contributed by atoms with Crippen LogP contribution >= 0.6 is 0 Å².